The van der Waals surface area contributed by atoms with Crippen LogP contribution in [0.2, 0.25) is 0 Å². The number of aliphatic hydroxyl groups is 1. The summed E-state index contributed by atoms with van der Waals surface area (Å²) in [5.74, 6) is -0.246. The van der Waals surface area contributed by atoms with E-state index in [1.54, 1.807) is 11.3 Å². The molecule has 3 heteroatoms. The van der Waals surface area contributed by atoms with Crippen molar-refractivity contribution < 1.29 is 5.11 Å². The molecular weight excluding hydrogens is 158 g/mol. The van der Waals surface area contributed by atoms with Gasteiger partial charge in [0.25, 0.3) is 0 Å². The van der Waals surface area contributed by atoms with Crippen molar-refractivity contribution in [2.45, 2.75) is 6.42 Å². The van der Waals surface area contributed by atoms with E-state index in [2.05, 4.69) is 0 Å². The van der Waals surface area contributed by atoms with E-state index in [9.17, 15) is 0 Å². The molecule has 0 amide bonds. The van der Waals surface area contributed by atoms with Crippen molar-refractivity contribution in [3.63, 3.8) is 0 Å². The van der Waals surface area contributed by atoms with E-state index in [0.717, 1.165) is 5.56 Å². The van der Waals surface area contributed by atoms with Gasteiger partial charge in [0, 0.05) is 0 Å². The van der Waals surface area contributed by atoms with Crippen LogP contribution in [0.15, 0.2) is 16.8 Å². The minimum atomic E-state index is -0.246. The predicted molar refractivity (Wildman–Crippen MR) is 44.2 cm³/mol. The molecule has 0 radical (unpaired) electrons. The second-order valence-electron chi connectivity index (χ2n) is 2.34. The molecule has 1 aromatic rings. The van der Waals surface area contributed by atoms with Crippen LogP contribution >= 0.6 is 11.3 Å². The third-order valence-corrected chi connectivity index (χ3v) is 2.20. The van der Waals surface area contributed by atoms with Gasteiger partial charge in [0.2, 0.25) is 0 Å². The van der Waals surface area contributed by atoms with E-state index < -0.39 is 0 Å². The minimum absolute atomic E-state index is 0.0493. The van der Waals surface area contributed by atoms with Gasteiger partial charge in [-0.2, -0.15) is 16.6 Å². The summed E-state index contributed by atoms with van der Waals surface area (Å²) in [5, 5.41) is 21.2. The zero-order chi connectivity index (χ0) is 8.10. The lowest BCUT2D eigenvalue weighted by atomic mass is 10.0. The fourth-order valence-corrected chi connectivity index (χ4v) is 1.53. The summed E-state index contributed by atoms with van der Waals surface area (Å²) in [4.78, 5) is 0. The fourth-order valence-electron chi connectivity index (χ4n) is 0.844. The normalized spacial score (nSPS) is 12.4. The molecule has 0 aliphatic carbocycles. The van der Waals surface area contributed by atoms with Crippen molar-refractivity contribution in [2.75, 3.05) is 6.61 Å². The van der Waals surface area contributed by atoms with E-state index in [1.165, 1.54) is 0 Å². The van der Waals surface area contributed by atoms with Crippen molar-refractivity contribution in [3.05, 3.63) is 22.4 Å². The lowest BCUT2D eigenvalue weighted by molar-refractivity contribution is 0.255. The van der Waals surface area contributed by atoms with Gasteiger partial charge < -0.3 is 5.11 Å². The van der Waals surface area contributed by atoms with E-state index in [1.807, 2.05) is 22.9 Å². The van der Waals surface area contributed by atoms with Gasteiger partial charge in [-0.25, -0.2) is 0 Å². The van der Waals surface area contributed by atoms with Gasteiger partial charge in [-0.05, 0) is 28.8 Å². The molecule has 0 spiro atoms. The lowest BCUT2D eigenvalue weighted by Crippen LogP contribution is -2.05. The molecule has 0 saturated carbocycles. The van der Waals surface area contributed by atoms with Crippen molar-refractivity contribution >= 4 is 11.3 Å². The molecular formula is C8H9NOS. The molecule has 0 aliphatic heterocycles. The van der Waals surface area contributed by atoms with Crippen molar-refractivity contribution in [1.29, 1.82) is 5.26 Å². The topological polar surface area (TPSA) is 44.0 Å². The van der Waals surface area contributed by atoms with Crippen LogP contribution in [0.3, 0.4) is 0 Å². The fraction of sp³-hybridized carbons (Fsp3) is 0.375. The Bertz CT molecular complexity index is 237. The molecule has 58 valence electrons. The largest absolute Gasteiger partial charge is 0.395 e. The standard InChI is InChI=1S/C8H9NOS/c9-4-8(5-10)3-7-1-2-11-6-7/h1-2,6,8,10H,3,5H2/t8-/m1/s1. The van der Waals surface area contributed by atoms with Gasteiger partial charge in [-0.1, -0.05) is 0 Å². The Hall–Kier alpha value is -0.850. The number of rotatable bonds is 3. The van der Waals surface area contributed by atoms with E-state index in [4.69, 9.17) is 10.4 Å². The average Bonchev–Trinajstić information content (AvgIpc) is 2.52. The van der Waals surface area contributed by atoms with Crippen LogP contribution in [-0.2, 0) is 6.42 Å². The van der Waals surface area contributed by atoms with Crippen LogP contribution in [0.1, 0.15) is 5.56 Å². The van der Waals surface area contributed by atoms with Crippen LogP contribution in [-0.4, -0.2) is 11.7 Å². The molecule has 0 aromatic carbocycles. The molecule has 1 rings (SSSR count). The Labute approximate surface area is 69.7 Å². The highest BCUT2D eigenvalue weighted by molar-refractivity contribution is 7.07. The molecule has 0 bridgehead atoms. The highest BCUT2D eigenvalue weighted by atomic mass is 32.1. The Balaban J connectivity index is 2.49. The Morgan fingerprint density at radius 2 is 2.55 bits per heavy atom. The molecule has 0 fully saturated rings. The van der Waals surface area contributed by atoms with E-state index in [0.29, 0.717) is 6.42 Å². The van der Waals surface area contributed by atoms with E-state index in [-0.39, 0.29) is 12.5 Å². The number of thiophene rings is 1. The van der Waals surface area contributed by atoms with Gasteiger partial charge in [0.15, 0.2) is 0 Å². The first kappa shape index (κ1) is 8.25. The van der Waals surface area contributed by atoms with Crippen LogP contribution < -0.4 is 0 Å². The molecule has 2 nitrogen and oxygen atoms in total. The van der Waals surface area contributed by atoms with Crippen LogP contribution in [0.25, 0.3) is 0 Å². The van der Waals surface area contributed by atoms with Crippen molar-refractivity contribution in [1.82, 2.24) is 0 Å². The van der Waals surface area contributed by atoms with Gasteiger partial charge in [-0.3, -0.25) is 0 Å². The SMILES string of the molecule is N#C[C@H](CO)Cc1ccsc1. The van der Waals surface area contributed by atoms with Gasteiger partial charge in [0.1, 0.15) is 0 Å². The van der Waals surface area contributed by atoms with Crippen LogP contribution in [0.4, 0.5) is 0 Å². The average molecular weight is 167 g/mol. The number of nitriles is 1. The third-order valence-electron chi connectivity index (χ3n) is 1.47. The highest BCUT2D eigenvalue weighted by Gasteiger charge is 2.06. The molecule has 11 heavy (non-hydrogen) atoms. The Kier molecular flexibility index (Phi) is 3.09. The highest BCUT2D eigenvalue weighted by Crippen LogP contribution is 2.11. The van der Waals surface area contributed by atoms with Crippen molar-refractivity contribution in [2.24, 2.45) is 5.92 Å². The molecule has 0 aliphatic rings. The van der Waals surface area contributed by atoms with Crippen LogP contribution in [0.5, 0.6) is 0 Å². The Morgan fingerprint density at radius 3 is 3.00 bits per heavy atom. The summed E-state index contributed by atoms with van der Waals surface area (Å²) in [6.45, 7) is -0.0493. The second-order valence-corrected chi connectivity index (χ2v) is 3.12. The Morgan fingerprint density at radius 1 is 1.73 bits per heavy atom. The second kappa shape index (κ2) is 4.12. The summed E-state index contributed by atoms with van der Waals surface area (Å²) in [5.41, 5.74) is 1.13. The first-order valence-electron chi connectivity index (χ1n) is 3.38. The number of nitrogens with zero attached hydrogens (tertiary/aromatic N) is 1. The maximum atomic E-state index is 8.71. The summed E-state index contributed by atoms with van der Waals surface area (Å²) in [6, 6.07) is 4.02. The van der Waals surface area contributed by atoms with Gasteiger partial charge in [-0.15, -0.1) is 0 Å². The molecule has 1 atom stereocenters. The molecule has 0 saturated heterocycles. The maximum absolute atomic E-state index is 8.71. The zero-order valence-electron chi connectivity index (χ0n) is 6.03. The number of hydrogen-bond donors (Lipinski definition) is 1. The summed E-state index contributed by atoms with van der Waals surface area (Å²) >= 11 is 1.61. The number of aliphatic hydroxyl groups excluding tert-OH is 1. The summed E-state index contributed by atoms with van der Waals surface area (Å²) in [7, 11) is 0. The van der Waals surface area contributed by atoms with Gasteiger partial charge in [0.05, 0.1) is 18.6 Å². The first-order valence-corrected chi connectivity index (χ1v) is 4.32. The third kappa shape index (κ3) is 2.34. The van der Waals surface area contributed by atoms with Gasteiger partial charge >= 0.3 is 0 Å². The number of hydrogen-bond acceptors (Lipinski definition) is 3. The monoisotopic (exact) mass is 167 g/mol. The summed E-state index contributed by atoms with van der Waals surface area (Å²) in [6.07, 6.45) is 0.663. The molecule has 0 unspecified atom stereocenters. The smallest absolute Gasteiger partial charge is 0.0735 e. The molecule has 1 N–H and O–H groups in total. The van der Waals surface area contributed by atoms with Crippen LogP contribution in [0, 0.1) is 17.2 Å². The first-order chi connectivity index (χ1) is 5.36. The lowest BCUT2D eigenvalue weighted by Gasteiger charge is -2.00. The minimum Gasteiger partial charge on any atom is -0.395 e. The predicted octanol–water partition coefficient (Wildman–Crippen LogP) is 1.42. The quantitative estimate of drug-likeness (QED) is 0.740. The summed E-state index contributed by atoms with van der Waals surface area (Å²) < 4.78 is 0. The maximum Gasteiger partial charge on any atom is 0.0735 e. The van der Waals surface area contributed by atoms with Crippen molar-refractivity contribution in [3.8, 4) is 6.07 Å². The molecule has 1 heterocycles. The zero-order valence-corrected chi connectivity index (χ0v) is 6.84. The molecule has 1 aromatic heterocycles. The van der Waals surface area contributed by atoms with E-state index >= 15 is 0 Å².